The molecule has 0 aromatic heterocycles. The van der Waals surface area contributed by atoms with Crippen LogP contribution in [0.1, 0.15) is 42.7 Å². The van der Waals surface area contributed by atoms with Crippen molar-refractivity contribution in [2.45, 2.75) is 31.6 Å². The molecule has 0 spiro atoms. The number of Topliss-reactive ketones (excluding diaryl/α,β-unsaturated/α-hetero) is 1. The molecule has 0 fully saturated rings. The summed E-state index contributed by atoms with van der Waals surface area (Å²) in [5.41, 5.74) is 3.97. The summed E-state index contributed by atoms with van der Waals surface area (Å²) in [4.78, 5) is 27.3. The maximum atomic E-state index is 13.9. The van der Waals surface area contributed by atoms with Crippen molar-refractivity contribution < 1.29 is 38.0 Å². The average Bonchev–Trinajstić information content (AvgIpc) is 2.95. The quantitative estimate of drug-likeness (QED) is 0.352. The third kappa shape index (κ3) is 5.59. The molecular formula is C30H35NO8. The lowest BCUT2D eigenvalue weighted by molar-refractivity contribution is -0.140. The first-order valence-electron chi connectivity index (χ1n) is 12.7. The van der Waals surface area contributed by atoms with Crippen molar-refractivity contribution in [1.82, 2.24) is 5.32 Å². The largest absolute Gasteiger partial charge is 0.497 e. The van der Waals surface area contributed by atoms with E-state index in [4.69, 9.17) is 28.4 Å². The second-order valence-corrected chi connectivity index (χ2v) is 9.37. The molecule has 9 nitrogen and oxygen atoms in total. The molecule has 0 saturated heterocycles. The Bertz CT molecular complexity index is 1310. The Balaban J connectivity index is 1.79. The molecular weight excluding hydrogens is 502 g/mol. The van der Waals surface area contributed by atoms with Gasteiger partial charge in [0.15, 0.2) is 17.3 Å². The van der Waals surface area contributed by atoms with Crippen LogP contribution >= 0.6 is 0 Å². The minimum Gasteiger partial charge on any atom is -0.497 e. The summed E-state index contributed by atoms with van der Waals surface area (Å²) >= 11 is 0. The number of hydrogen-bond donors (Lipinski definition) is 1. The predicted octanol–water partition coefficient (Wildman–Crippen LogP) is 4.27. The number of ketones is 1. The standard InChI is InChI=1S/C30H35NO8/c1-17-27(30(33)39-12-11-34-2)28(21-9-8-20(35-3)16-25(21)37-5)29-22(31-17)13-19(14-23(29)32)18-7-10-24(36-4)26(15-18)38-6/h7-10,15-16,19,28,31H,11-14H2,1-6H3/t19-,28-/m0/s1. The van der Waals surface area contributed by atoms with E-state index in [0.29, 0.717) is 51.8 Å². The summed E-state index contributed by atoms with van der Waals surface area (Å²) in [6.07, 6.45) is 0.852. The van der Waals surface area contributed by atoms with Crippen LogP contribution in [0.15, 0.2) is 58.9 Å². The fourth-order valence-corrected chi connectivity index (χ4v) is 5.32. The molecule has 2 atom stereocenters. The third-order valence-corrected chi connectivity index (χ3v) is 7.20. The van der Waals surface area contributed by atoms with Gasteiger partial charge < -0.3 is 33.7 Å². The Morgan fingerprint density at radius 1 is 0.872 bits per heavy atom. The molecule has 1 heterocycles. The van der Waals surface area contributed by atoms with Crippen LogP contribution < -0.4 is 24.3 Å². The molecule has 1 N–H and O–H groups in total. The molecule has 0 radical (unpaired) electrons. The highest BCUT2D eigenvalue weighted by molar-refractivity contribution is 6.04. The zero-order valence-electron chi connectivity index (χ0n) is 23.2. The van der Waals surface area contributed by atoms with Crippen LogP contribution in [0.4, 0.5) is 0 Å². The number of methoxy groups -OCH3 is 5. The lowest BCUT2D eigenvalue weighted by atomic mass is 9.71. The van der Waals surface area contributed by atoms with Crippen LogP contribution in [0.2, 0.25) is 0 Å². The number of esters is 1. The fraction of sp³-hybridized carbons (Fsp3) is 0.400. The molecule has 2 aromatic rings. The van der Waals surface area contributed by atoms with E-state index in [-0.39, 0.29) is 31.3 Å². The van der Waals surface area contributed by atoms with E-state index < -0.39 is 11.9 Å². The van der Waals surface area contributed by atoms with Gasteiger partial charge in [0.25, 0.3) is 0 Å². The number of nitrogens with one attached hydrogen (secondary N) is 1. The Kier molecular flexibility index (Phi) is 8.81. The first-order valence-corrected chi connectivity index (χ1v) is 12.7. The van der Waals surface area contributed by atoms with Crippen molar-refractivity contribution in [2.75, 3.05) is 48.8 Å². The van der Waals surface area contributed by atoms with E-state index in [1.165, 1.54) is 7.11 Å². The maximum Gasteiger partial charge on any atom is 0.336 e. The van der Waals surface area contributed by atoms with Crippen LogP contribution in [0.25, 0.3) is 0 Å². The van der Waals surface area contributed by atoms with Gasteiger partial charge in [0.1, 0.15) is 18.1 Å². The predicted molar refractivity (Wildman–Crippen MR) is 145 cm³/mol. The summed E-state index contributed by atoms with van der Waals surface area (Å²) in [5, 5.41) is 3.37. The molecule has 2 aliphatic rings. The van der Waals surface area contributed by atoms with Gasteiger partial charge in [0.05, 0.1) is 46.5 Å². The first kappa shape index (κ1) is 28.0. The number of ether oxygens (including phenoxy) is 6. The van der Waals surface area contributed by atoms with E-state index in [2.05, 4.69) is 5.32 Å². The van der Waals surface area contributed by atoms with Gasteiger partial charge in [0.2, 0.25) is 0 Å². The smallest absolute Gasteiger partial charge is 0.336 e. The van der Waals surface area contributed by atoms with Crippen LogP contribution in [-0.2, 0) is 19.1 Å². The minimum absolute atomic E-state index is 0.0545. The number of benzene rings is 2. The SMILES string of the molecule is COCCOC(=O)C1=C(C)NC2=C(C(=O)C[C@@H](c3ccc(OC)c(OC)c3)C2)[C@H]1c1ccc(OC)cc1OC. The minimum atomic E-state index is -0.670. The van der Waals surface area contributed by atoms with Crippen molar-refractivity contribution in [2.24, 2.45) is 0 Å². The van der Waals surface area contributed by atoms with Gasteiger partial charge in [-0.05, 0) is 43.0 Å². The van der Waals surface area contributed by atoms with E-state index in [1.54, 1.807) is 40.6 Å². The van der Waals surface area contributed by atoms with Gasteiger partial charge >= 0.3 is 5.97 Å². The highest BCUT2D eigenvalue weighted by Gasteiger charge is 2.42. The topological polar surface area (TPSA) is 102 Å². The summed E-state index contributed by atoms with van der Waals surface area (Å²) in [5.74, 6) is 1.03. The third-order valence-electron chi connectivity index (χ3n) is 7.20. The summed E-state index contributed by atoms with van der Waals surface area (Å²) < 4.78 is 32.5. The Morgan fingerprint density at radius 3 is 2.28 bits per heavy atom. The van der Waals surface area contributed by atoms with E-state index in [9.17, 15) is 9.59 Å². The number of carbonyl (C=O) groups excluding carboxylic acids is 2. The zero-order valence-corrected chi connectivity index (χ0v) is 23.2. The molecule has 208 valence electrons. The van der Waals surface area contributed by atoms with Crippen molar-refractivity contribution >= 4 is 11.8 Å². The van der Waals surface area contributed by atoms with E-state index in [0.717, 1.165) is 11.3 Å². The monoisotopic (exact) mass is 537 g/mol. The molecule has 1 aliphatic carbocycles. The number of hydrogen-bond acceptors (Lipinski definition) is 9. The van der Waals surface area contributed by atoms with Gasteiger partial charge in [-0.2, -0.15) is 0 Å². The van der Waals surface area contributed by atoms with Crippen LogP contribution in [-0.4, -0.2) is 60.5 Å². The summed E-state index contributed by atoms with van der Waals surface area (Å²) in [6.45, 7) is 2.19. The highest BCUT2D eigenvalue weighted by Crippen LogP contribution is 2.48. The van der Waals surface area contributed by atoms with Crippen LogP contribution in [0.3, 0.4) is 0 Å². The maximum absolute atomic E-state index is 13.9. The lowest BCUT2D eigenvalue weighted by Crippen LogP contribution is -2.36. The van der Waals surface area contributed by atoms with Crippen molar-refractivity contribution in [3.63, 3.8) is 0 Å². The molecule has 0 unspecified atom stereocenters. The van der Waals surface area contributed by atoms with Crippen molar-refractivity contribution in [3.8, 4) is 23.0 Å². The Morgan fingerprint density at radius 2 is 1.62 bits per heavy atom. The van der Waals surface area contributed by atoms with Gasteiger partial charge in [-0.15, -0.1) is 0 Å². The number of rotatable bonds is 10. The molecule has 0 bridgehead atoms. The van der Waals surface area contributed by atoms with Gasteiger partial charge in [0, 0.05) is 42.1 Å². The van der Waals surface area contributed by atoms with E-state index in [1.807, 2.05) is 31.2 Å². The number of carbonyl (C=O) groups is 2. The van der Waals surface area contributed by atoms with Gasteiger partial charge in [-0.25, -0.2) is 4.79 Å². The highest BCUT2D eigenvalue weighted by atomic mass is 16.6. The molecule has 39 heavy (non-hydrogen) atoms. The molecule has 0 saturated carbocycles. The molecule has 1 aliphatic heterocycles. The van der Waals surface area contributed by atoms with Crippen molar-refractivity contribution in [1.29, 1.82) is 0 Å². The van der Waals surface area contributed by atoms with Crippen LogP contribution in [0.5, 0.6) is 23.0 Å². The Labute approximate surface area is 228 Å². The summed E-state index contributed by atoms with van der Waals surface area (Å²) in [7, 11) is 7.84. The second kappa shape index (κ2) is 12.3. The van der Waals surface area contributed by atoms with Gasteiger partial charge in [-0.3, -0.25) is 4.79 Å². The average molecular weight is 538 g/mol. The van der Waals surface area contributed by atoms with Crippen molar-refractivity contribution in [3.05, 3.63) is 70.1 Å². The molecule has 2 aromatic carbocycles. The molecule has 0 amide bonds. The Hall–Kier alpha value is -3.98. The normalized spacial score (nSPS) is 18.8. The summed E-state index contributed by atoms with van der Waals surface area (Å²) in [6, 6.07) is 11.1. The zero-order chi connectivity index (χ0) is 28.1. The van der Waals surface area contributed by atoms with E-state index >= 15 is 0 Å². The number of dihydropyridines is 1. The molecule has 9 heteroatoms. The van der Waals surface area contributed by atoms with Crippen LogP contribution in [0, 0.1) is 0 Å². The van der Waals surface area contributed by atoms with Gasteiger partial charge in [-0.1, -0.05) is 12.1 Å². The lowest BCUT2D eigenvalue weighted by Gasteiger charge is -2.37. The molecule has 4 rings (SSSR count). The first-order chi connectivity index (χ1) is 18.9. The number of allylic oxidation sites excluding steroid dienone is 3. The second-order valence-electron chi connectivity index (χ2n) is 9.37. The fourth-order valence-electron chi connectivity index (χ4n) is 5.32.